The van der Waals surface area contributed by atoms with Gasteiger partial charge in [-0.2, -0.15) is 0 Å². The van der Waals surface area contributed by atoms with E-state index in [0.29, 0.717) is 17.9 Å². The van der Waals surface area contributed by atoms with Crippen LogP contribution in [0.25, 0.3) is 0 Å². The number of amides is 1. The molecule has 28 heavy (non-hydrogen) atoms. The molecule has 6 heteroatoms. The molecule has 0 bridgehead atoms. The van der Waals surface area contributed by atoms with Gasteiger partial charge in [-0.3, -0.25) is 4.79 Å². The van der Waals surface area contributed by atoms with E-state index in [1.807, 2.05) is 23.1 Å². The summed E-state index contributed by atoms with van der Waals surface area (Å²) < 4.78 is 17.6. The first kappa shape index (κ1) is 20.9. The minimum atomic E-state index is 0.0361. The third-order valence-electron chi connectivity index (χ3n) is 5.59. The summed E-state index contributed by atoms with van der Waals surface area (Å²) in [5, 5.41) is 0. The number of nitrogens with zero attached hydrogens (tertiary/aromatic N) is 2. The summed E-state index contributed by atoms with van der Waals surface area (Å²) >= 11 is 0. The Hall–Kier alpha value is -1.79. The standard InChI is InChI=1S/C22H34N2O4/c1-4-14-27-19-6-5-11-24(16-19)22(25)17-7-8-20(21(15-17)26-3)28-18-9-12-23(2)13-10-18/h7-8,15,18-19H,4-6,9-14,16H2,1-3H3/t19-/m0/s1. The topological polar surface area (TPSA) is 51.2 Å². The molecule has 1 aromatic rings. The SMILES string of the molecule is CCCO[C@H]1CCCN(C(=O)c2ccc(OC3CCN(C)CC3)c(OC)c2)C1. The molecule has 2 saturated heterocycles. The van der Waals surface area contributed by atoms with Crippen LogP contribution >= 0.6 is 0 Å². The molecule has 0 N–H and O–H groups in total. The number of methoxy groups -OCH3 is 1. The van der Waals surface area contributed by atoms with Gasteiger partial charge in [0.1, 0.15) is 6.10 Å². The molecule has 1 amide bonds. The normalized spacial score (nSPS) is 21.5. The Kier molecular flexibility index (Phi) is 7.57. The number of carbonyl (C=O) groups is 1. The van der Waals surface area contributed by atoms with Gasteiger partial charge in [-0.1, -0.05) is 6.92 Å². The number of piperidine rings is 2. The van der Waals surface area contributed by atoms with Crippen LogP contribution in [0.1, 0.15) is 49.4 Å². The number of hydrogen-bond acceptors (Lipinski definition) is 5. The highest BCUT2D eigenvalue weighted by atomic mass is 16.5. The third-order valence-corrected chi connectivity index (χ3v) is 5.59. The number of hydrogen-bond donors (Lipinski definition) is 0. The molecule has 1 aromatic carbocycles. The number of ether oxygens (including phenoxy) is 3. The van der Waals surface area contributed by atoms with Crippen LogP contribution in [0.4, 0.5) is 0 Å². The van der Waals surface area contributed by atoms with Crippen molar-refractivity contribution in [3.63, 3.8) is 0 Å². The first-order valence-corrected chi connectivity index (χ1v) is 10.5. The predicted molar refractivity (Wildman–Crippen MR) is 109 cm³/mol. The Morgan fingerprint density at radius 3 is 2.61 bits per heavy atom. The highest BCUT2D eigenvalue weighted by Crippen LogP contribution is 2.31. The highest BCUT2D eigenvalue weighted by Gasteiger charge is 2.26. The summed E-state index contributed by atoms with van der Waals surface area (Å²) in [6, 6.07) is 5.54. The van der Waals surface area contributed by atoms with Gasteiger partial charge in [0.15, 0.2) is 11.5 Å². The lowest BCUT2D eigenvalue weighted by Gasteiger charge is -2.33. The van der Waals surface area contributed by atoms with Crippen molar-refractivity contribution in [1.82, 2.24) is 9.80 Å². The predicted octanol–water partition coefficient (Wildman–Crippen LogP) is 3.20. The molecule has 0 spiro atoms. The molecule has 156 valence electrons. The van der Waals surface area contributed by atoms with Gasteiger partial charge in [-0.05, 0) is 57.4 Å². The van der Waals surface area contributed by atoms with Gasteiger partial charge >= 0.3 is 0 Å². The van der Waals surface area contributed by atoms with Crippen molar-refractivity contribution in [3.8, 4) is 11.5 Å². The molecule has 0 aromatic heterocycles. The fourth-order valence-electron chi connectivity index (χ4n) is 3.91. The lowest BCUT2D eigenvalue weighted by molar-refractivity contribution is 0.00210. The summed E-state index contributed by atoms with van der Waals surface area (Å²) in [6.45, 7) is 6.38. The molecule has 2 aliphatic rings. The van der Waals surface area contributed by atoms with Crippen LogP contribution in [0.15, 0.2) is 18.2 Å². The summed E-state index contributed by atoms with van der Waals surface area (Å²) in [4.78, 5) is 17.2. The van der Waals surface area contributed by atoms with Crippen LogP contribution in [0.2, 0.25) is 0 Å². The van der Waals surface area contributed by atoms with E-state index < -0.39 is 0 Å². The molecular formula is C22H34N2O4. The average Bonchev–Trinajstić information content (AvgIpc) is 2.73. The summed E-state index contributed by atoms with van der Waals surface area (Å²) in [5.74, 6) is 1.38. The van der Waals surface area contributed by atoms with E-state index in [-0.39, 0.29) is 18.1 Å². The Morgan fingerprint density at radius 1 is 1.11 bits per heavy atom. The zero-order valence-electron chi connectivity index (χ0n) is 17.5. The fourth-order valence-corrected chi connectivity index (χ4v) is 3.91. The zero-order chi connectivity index (χ0) is 19.9. The van der Waals surface area contributed by atoms with Gasteiger partial charge in [0.2, 0.25) is 0 Å². The van der Waals surface area contributed by atoms with Crippen molar-refractivity contribution < 1.29 is 19.0 Å². The van der Waals surface area contributed by atoms with E-state index >= 15 is 0 Å². The molecule has 0 unspecified atom stereocenters. The second-order valence-corrected chi connectivity index (χ2v) is 7.87. The summed E-state index contributed by atoms with van der Waals surface area (Å²) in [6.07, 6.45) is 5.36. The monoisotopic (exact) mass is 390 g/mol. The summed E-state index contributed by atoms with van der Waals surface area (Å²) in [7, 11) is 3.76. The van der Waals surface area contributed by atoms with Gasteiger partial charge in [-0.25, -0.2) is 0 Å². The molecule has 0 aliphatic carbocycles. The van der Waals surface area contributed by atoms with Crippen molar-refractivity contribution in [2.75, 3.05) is 46.9 Å². The molecule has 0 radical (unpaired) electrons. The molecule has 1 atom stereocenters. The number of rotatable bonds is 7. The quantitative estimate of drug-likeness (QED) is 0.716. The van der Waals surface area contributed by atoms with Crippen molar-refractivity contribution in [2.45, 2.75) is 51.2 Å². The lowest BCUT2D eigenvalue weighted by atomic mass is 10.1. The second-order valence-electron chi connectivity index (χ2n) is 7.87. The molecule has 2 aliphatic heterocycles. The van der Waals surface area contributed by atoms with E-state index in [4.69, 9.17) is 14.2 Å². The highest BCUT2D eigenvalue weighted by molar-refractivity contribution is 5.95. The van der Waals surface area contributed by atoms with E-state index in [2.05, 4.69) is 18.9 Å². The second kappa shape index (κ2) is 10.1. The van der Waals surface area contributed by atoms with Gasteiger partial charge in [-0.15, -0.1) is 0 Å². The van der Waals surface area contributed by atoms with E-state index in [1.165, 1.54) is 0 Å². The Balaban J connectivity index is 1.64. The van der Waals surface area contributed by atoms with Gasteiger partial charge in [0.25, 0.3) is 5.91 Å². The number of likely N-dealkylation sites (tertiary alicyclic amines) is 2. The Labute approximate surface area is 168 Å². The third kappa shape index (κ3) is 5.39. The molecule has 6 nitrogen and oxygen atoms in total. The molecule has 2 heterocycles. The van der Waals surface area contributed by atoms with Crippen LogP contribution in [0.3, 0.4) is 0 Å². The maximum Gasteiger partial charge on any atom is 0.254 e. The average molecular weight is 391 g/mol. The number of carbonyl (C=O) groups excluding carboxylic acids is 1. The van der Waals surface area contributed by atoms with Crippen LogP contribution < -0.4 is 9.47 Å². The van der Waals surface area contributed by atoms with Crippen molar-refractivity contribution in [1.29, 1.82) is 0 Å². The van der Waals surface area contributed by atoms with Crippen molar-refractivity contribution in [2.24, 2.45) is 0 Å². The van der Waals surface area contributed by atoms with E-state index in [9.17, 15) is 4.79 Å². The largest absolute Gasteiger partial charge is 0.493 e. The van der Waals surface area contributed by atoms with Crippen LogP contribution in [-0.4, -0.2) is 74.9 Å². The van der Waals surface area contributed by atoms with Gasteiger partial charge in [0.05, 0.1) is 13.2 Å². The minimum absolute atomic E-state index is 0.0361. The fraction of sp³-hybridized carbons (Fsp3) is 0.682. The minimum Gasteiger partial charge on any atom is -0.493 e. The van der Waals surface area contributed by atoms with E-state index in [1.54, 1.807) is 7.11 Å². The Morgan fingerprint density at radius 2 is 1.89 bits per heavy atom. The molecule has 3 rings (SSSR count). The zero-order valence-corrected chi connectivity index (χ0v) is 17.5. The van der Waals surface area contributed by atoms with Crippen LogP contribution in [0, 0.1) is 0 Å². The first-order valence-electron chi connectivity index (χ1n) is 10.5. The summed E-state index contributed by atoms with van der Waals surface area (Å²) in [5.41, 5.74) is 0.642. The smallest absolute Gasteiger partial charge is 0.254 e. The molecular weight excluding hydrogens is 356 g/mol. The van der Waals surface area contributed by atoms with Crippen LogP contribution in [0.5, 0.6) is 11.5 Å². The Bertz CT molecular complexity index is 643. The van der Waals surface area contributed by atoms with E-state index in [0.717, 1.165) is 64.1 Å². The number of benzene rings is 1. The van der Waals surface area contributed by atoms with Crippen molar-refractivity contribution in [3.05, 3.63) is 23.8 Å². The first-order chi connectivity index (χ1) is 13.6. The van der Waals surface area contributed by atoms with Gasteiger partial charge < -0.3 is 24.0 Å². The maximum absolute atomic E-state index is 13.0. The molecule has 0 saturated carbocycles. The maximum atomic E-state index is 13.0. The molecule has 2 fully saturated rings. The van der Waals surface area contributed by atoms with Crippen molar-refractivity contribution >= 4 is 5.91 Å². The van der Waals surface area contributed by atoms with Crippen LogP contribution in [-0.2, 0) is 4.74 Å². The van der Waals surface area contributed by atoms with Gasteiger partial charge in [0, 0.05) is 38.3 Å². The lowest BCUT2D eigenvalue weighted by Crippen LogP contribution is -2.43.